The van der Waals surface area contributed by atoms with Gasteiger partial charge in [0.25, 0.3) is 0 Å². The molecule has 38 heavy (non-hydrogen) atoms. The summed E-state index contributed by atoms with van der Waals surface area (Å²) in [5.41, 5.74) is 4.87. The molecule has 0 aliphatic rings. The molecule has 0 N–H and O–H groups in total. The van der Waals surface area contributed by atoms with E-state index < -0.39 is 0 Å². The molecule has 0 fully saturated rings. The van der Waals surface area contributed by atoms with Crippen LogP contribution in [0.5, 0.6) is 0 Å². The van der Waals surface area contributed by atoms with Crippen molar-refractivity contribution in [1.29, 1.82) is 0 Å². The highest BCUT2D eigenvalue weighted by atomic mass is 14.9. The first-order valence-electron chi connectivity index (χ1n) is 13.9. The zero-order chi connectivity index (χ0) is 28.2. The maximum Gasteiger partial charge on any atom is 0.128 e. The van der Waals surface area contributed by atoms with Crippen molar-refractivity contribution in [2.75, 3.05) is 0 Å². The van der Waals surface area contributed by atoms with E-state index in [4.69, 9.17) is 0 Å². The standard InChI is InChI=1S/C14H17N3.C13H16N4.2C2H6/c1-3-4-5-14-15-9-8-13(17-14)12-7-6-11(2)16-10-12;1-3-4-5-13-14-7-6-12(17-13)11-8-15-10(2)16-9-11;2*1-2/h6-10H,3-5H2,1-2H3;6-9H,3-5H2,1-2H3;2*1-2H3. The fraction of sp³-hybridized carbons (Fsp3) is 0.452. The number of unbranched alkanes of at least 4 members (excludes halogenated alkanes) is 2. The molecular formula is C31H45N7. The van der Waals surface area contributed by atoms with E-state index in [9.17, 15) is 0 Å². The van der Waals surface area contributed by atoms with Crippen molar-refractivity contribution in [3.05, 3.63) is 78.4 Å². The van der Waals surface area contributed by atoms with E-state index in [0.29, 0.717) is 0 Å². The Hall–Kier alpha value is -3.61. The second-order valence-corrected chi connectivity index (χ2v) is 8.13. The monoisotopic (exact) mass is 515 g/mol. The Morgan fingerprint density at radius 2 is 1.03 bits per heavy atom. The van der Waals surface area contributed by atoms with Gasteiger partial charge in [0, 0.05) is 60.6 Å². The lowest BCUT2D eigenvalue weighted by molar-refractivity contribution is 0.753. The summed E-state index contributed by atoms with van der Waals surface area (Å²) in [7, 11) is 0. The lowest BCUT2D eigenvalue weighted by Gasteiger charge is -2.03. The van der Waals surface area contributed by atoms with E-state index in [1.165, 1.54) is 6.42 Å². The van der Waals surface area contributed by atoms with Gasteiger partial charge in [0.2, 0.25) is 0 Å². The number of hydrogen-bond donors (Lipinski definition) is 0. The molecule has 4 heterocycles. The fourth-order valence-corrected chi connectivity index (χ4v) is 3.17. The van der Waals surface area contributed by atoms with Crippen molar-refractivity contribution < 1.29 is 0 Å². The highest BCUT2D eigenvalue weighted by Crippen LogP contribution is 2.16. The summed E-state index contributed by atoms with van der Waals surface area (Å²) >= 11 is 0. The van der Waals surface area contributed by atoms with Crippen LogP contribution in [-0.2, 0) is 12.8 Å². The first-order valence-corrected chi connectivity index (χ1v) is 13.9. The summed E-state index contributed by atoms with van der Waals surface area (Å²) in [6, 6.07) is 7.88. The molecule has 0 unspecified atom stereocenters. The molecule has 4 aromatic heterocycles. The third kappa shape index (κ3) is 11.6. The number of pyridine rings is 1. The zero-order valence-electron chi connectivity index (χ0n) is 24.6. The van der Waals surface area contributed by atoms with E-state index in [2.05, 4.69) is 48.7 Å². The van der Waals surface area contributed by atoms with Crippen LogP contribution in [0.25, 0.3) is 22.5 Å². The van der Waals surface area contributed by atoms with Crippen LogP contribution in [0.15, 0.2) is 55.2 Å². The topological polar surface area (TPSA) is 90.2 Å². The van der Waals surface area contributed by atoms with Crippen molar-refractivity contribution in [3.63, 3.8) is 0 Å². The summed E-state index contributed by atoms with van der Waals surface area (Å²) < 4.78 is 0. The van der Waals surface area contributed by atoms with Gasteiger partial charge in [0.15, 0.2) is 0 Å². The Morgan fingerprint density at radius 1 is 0.553 bits per heavy atom. The normalized spacial score (nSPS) is 9.68. The number of aryl methyl sites for hydroxylation is 4. The molecule has 0 radical (unpaired) electrons. The van der Waals surface area contributed by atoms with Crippen molar-refractivity contribution in [2.45, 2.75) is 93.9 Å². The molecule has 0 aliphatic carbocycles. The Bertz CT molecular complexity index is 1050. The Morgan fingerprint density at radius 3 is 1.47 bits per heavy atom. The average Bonchev–Trinajstić information content (AvgIpc) is 2.98. The van der Waals surface area contributed by atoms with Crippen LogP contribution in [0.4, 0.5) is 0 Å². The number of rotatable bonds is 8. The Labute approximate surface area is 229 Å². The van der Waals surface area contributed by atoms with Gasteiger partial charge < -0.3 is 0 Å². The van der Waals surface area contributed by atoms with Gasteiger partial charge in [0.05, 0.1) is 11.4 Å². The van der Waals surface area contributed by atoms with Gasteiger partial charge in [-0.1, -0.05) is 54.4 Å². The van der Waals surface area contributed by atoms with Crippen molar-refractivity contribution >= 4 is 0 Å². The van der Waals surface area contributed by atoms with Crippen LogP contribution >= 0.6 is 0 Å². The van der Waals surface area contributed by atoms with Crippen LogP contribution in [0.1, 0.15) is 90.4 Å². The minimum atomic E-state index is 0.772. The molecule has 204 valence electrons. The zero-order valence-corrected chi connectivity index (χ0v) is 24.6. The summed E-state index contributed by atoms with van der Waals surface area (Å²) in [5, 5.41) is 0. The molecule has 0 aliphatic heterocycles. The maximum atomic E-state index is 4.56. The molecule has 0 amide bonds. The molecular weight excluding hydrogens is 470 g/mol. The van der Waals surface area contributed by atoms with Crippen LogP contribution in [0.3, 0.4) is 0 Å². The third-order valence-corrected chi connectivity index (χ3v) is 5.20. The van der Waals surface area contributed by atoms with Gasteiger partial charge in [0.1, 0.15) is 17.5 Å². The molecule has 4 rings (SSSR count). The summed E-state index contributed by atoms with van der Waals surface area (Å²) in [6.07, 6.45) is 15.5. The molecule has 7 heteroatoms. The van der Waals surface area contributed by atoms with E-state index in [0.717, 1.165) is 77.8 Å². The predicted molar refractivity (Wildman–Crippen MR) is 158 cm³/mol. The number of nitrogens with zero attached hydrogens (tertiary/aromatic N) is 7. The van der Waals surface area contributed by atoms with Crippen molar-refractivity contribution in [2.24, 2.45) is 0 Å². The van der Waals surface area contributed by atoms with Gasteiger partial charge in [-0.15, -0.1) is 0 Å². The maximum absolute atomic E-state index is 4.56. The second-order valence-electron chi connectivity index (χ2n) is 8.13. The third-order valence-electron chi connectivity index (χ3n) is 5.20. The van der Waals surface area contributed by atoms with Gasteiger partial charge in [-0.05, 0) is 51.0 Å². The number of hydrogen-bond acceptors (Lipinski definition) is 7. The number of aromatic nitrogens is 7. The first-order chi connectivity index (χ1) is 18.6. The summed E-state index contributed by atoms with van der Waals surface area (Å²) in [6.45, 7) is 16.2. The molecule has 0 spiro atoms. The van der Waals surface area contributed by atoms with Crippen LogP contribution in [0, 0.1) is 13.8 Å². The average molecular weight is 516 g/mol. The predicted octanol–water partition coefficient (Wildman–Crippen LogP) is 7.83. The van der Waals surface area contributed by atoms with Crippen LogP contribution < -0.4 is 0 Å². The minimum Gasteiger partial charge on any atom is -0.261 e. The van der Waals surface area contributed by atoms with Gasteiger partial charge >= 0.3 is 0 Å². The van der Waals surface area contributed by atoms with E-state index in [1.54, 1.807) is 18.6 Å². The molecule has 0 bridgehead atoms. The second kappa shape index (κ2) is 19.5. The highest BCUT2D eigenvalue weighted by molar-refractivity contribution is 5.57. The van der Waals surface area contributed by atoms with Crippen LogP contribution in [-0.4, -0.2) is 34.9 Å². The minimum absolute atomic E-state index is 0.772. The van der Waals surface area contributed by atoms with Gasteiger partial charge in [-0.3, -0.25) is 4.98 Å². The van der Waals surface area contributed by atoms with E-state index in [1.807, 2.05) is 78.2 Å². The van der Waals surface area contributed by atoms with Crippen molar-refractivity contribution in [1.82, 2.24) is 34.9 Å². The quantitative estimate of drug-likeness (QED) is 0.236. The molecule has 0 aromatic carbocycles. The lowest BCUT2D eigenvalue weighted by atomic mass is 10.2. The fourth-order valence-electron chi connectivity index (χ4n) is 3.17. The highest BCUT2D eigenvalue weighted by Gasteiger charge is 2.04. The van der Waals surface area contributed by atoms with Crippen molar-refractivity contribution in [3.8, 4) is 22.5 Å². The SMILES string of the molecule is CC.CC.CCCCc1nccc(-c2ccc(C)nc2)n1.CCCCc1nccc(-c2cnc(C)nc2)n1. The molecule has 4 aromatic rings. The Balaban J connectivity index is 0.000000336. The van der Waals surface area contributed by atoms with Gasteiger partial charge in [-0.2, -0.15) is 0 Å². The summed E-state index contributed by atoms with van der Waals surface area (Å²) in [5.74, 6) is 2.59. The molecule has 0 atom stereocenters. The van der Waals surface area contributed by atoms with E-state index in [-0.39, 0.29) is 0 Å². The molecule has 7 nitrogen and oxygen atoms in total. The first kappa shape index (κ1) is 32.4. The largest absolute Gasteiger partial charge is 0.261 e. The summed E-state index contributed by atoms with van der Waals surface area (Å²) in [4.78, 5) is 30.3. The molecule has 0 saturated carbocycles. The van der Waals surface area contributed by atoms with Crippen LogP contribution in [0.2, 0.25) is 0 Å². The van der Waals surface area contributed by atoms with Gasteiger partial charge in [-0.25, -0.2) is 29.9 Å². The smallest absolute Gasteiger partial charge is 0.128 e. The van der Waals surface area contributed by atoms with E-state index >= 15 is 0 Å². The Kier molecular flexibility index (Phi) is 16.6. The molecule has 0 saturated heterocycles. The lowest BCUT2D eigenvalue weighted by Crippen LogP contribution is -1.97.